The van der Waals surface area contributed by atoms with Crippen LogP contribution in [0.3, 0.4) is 0 Å². The number of nitrogens with one attached hydrogen (secondary N) is 2. The second kappa shape index (κ2) is 6.04. The Morgan fingerprint density at radius 1 is 1.30 bits per heavy atom. The van der Waals surface area contributed by atoms with Crippen molar-refractivity contribution in [3.8, 4) is 0 Å². The Kier molecular flexibility index (Phi) is 3.75. The molecular weight excluding hydrogens is 308 g/mol. The van der Waals surface area contributed by atoms with Gasteiger partial charge in [-0.1, -0.05) is 0 Å². The van der Waals surface area contributed by atoms with Crippen molar-refractivity contribution in [2.24, 2.45) is 0 Å². The van der Waals surface area contributed by atoms with Crippen molar-refractivity contribution >= 4 is 33.3 Å². The molecule has 0 unspecified atom stereocenters. The molecule has 0 radical (unpaired) electrons. The van der Waals surface area contributed by atoms with E-state index in [0.29, 0.717) is 0 Å². The largest absolute Gasteiger partial charge is 0.361 e. The number of hydrogen-bond acceptors (Lipinski definition) is 4. The Bertz CT molecular complexity index is 803. The number of anilines is 1. The molecule has 6 heteroatoms. The number of amides is 1. The summed E-state index contributed by atoms with van der Waals surface area (Å²) in [6, 6.07) is 7.99. The maximum atomic E-state index is 12.4. The number of nitrogens with zero attached hydrogens (tertiary/aromatic N) is 2. The maximum Gasteiger partial charge on any atom is 0.251 e. The second-order valence-corrected chi connectivity index (χ2v) is 6.70. The molecule has 2 N–H and O–H groups in total. The first-order valence-electron chi connectivity index (χ1n) is 7.82. The van der Waals surface area contributed by atoms with Crippen LogP contribution in [0.25, 0.3) is 10.9 Å². The number of carbonyl (C=O) groups excluding carboxylic acids is 1. The number of fused-ring (bicyclic) bond motifs is 1. The highest BCUT2D eigenvalue weighted by molar-refractivity contribution is 7.13. The van der Waals surface area contributed by atoms with Gasteiger partial charge in [-0.25, -0.2) is 4.98 Å². The van der Waals surface area contributed by atoms with Crippen LogP contribution in [0.15, 0.2) is 42.0 Å². The lowest BCUT2D eigenvalue weighted by molar-refractivity contribution is 0.0931. The lowest BCUT2D eigenvalue weighted by Crippen LogP contribution is -2.44. The number of thiazole rings is 1. The number of piperidine rings is 1. The van der Waals surface area contributed by atoms with E-state index in [-0.39, 0.29) is 11.9 Å². The summed E-state index contributed by atoms with van der Waals surface area (Å²) in [5.41, 5.74) is 1.78. The van der Waals surface area contributed by atoms with Gasteiger partial charge in [-0.15, -0.1) is 11.3 Å². The van der Waals surface area contributed by atoms with Gasteiger partial charge in [-0.2, -0.15) is 0 Å². The van der Waals surface area contributed by atoms with Crippen LogP contribution in [0, 0.1) is 0 Å². The highest BCUT2D eigenvalue weighted by Gasteiger charge is 2.22. The van der Waals surface area contributed by atoms with Crippen molar-refractivity contribution in [2.75, 3.05) is 18.0 Å². The van der Waals surface area contributed by atoms with Gasteiger partial charge in [0.2, 0.25) is 0 Å². The summed E-state index contributed by atoms with van der Waals surface area (Å²) in [6.45, 7) is 1.88. The number of carbonyl (C=O) groups is 1. The molecule has 3 heterocycles. The molecule has 3 aromatic rings. The van der Waals surface area contributed by atoms with Crippen LogP contribution in [0.4, 0.5) is 5.13 Å². The van der Waals surface area contributed by atoms with E-state index >= 15 is 0 Å². The van der Waals surface area contributed by atoms with Crippen molar-refractivity contribution in [3.63, 3.8) is 0 Å². The van der Waals surface area contributed by atoms with Gasteiger partial charge in [0, 0.05) is 53.4 Å². The van der Waals surface area contributed by atoms with Crippen molar-refractivity contribution in [1.29, 1.82) is 0 Å². The average molecular weight is 326 g/mol. The van der Waals surface area contributed by atoms with E-state index in [9.17, 15) is 4.79 Å². The van der Waals surface area contributed by atoms with Gasteiger partial charge < -0.3 is 15.2 Å². The van der Waals surface area contributed by atoms with E-state index in [1.807, 2.05) is 42.0 Å². The van der Waals surface area contributed by atoms with E-state index in [1.165, 1.54) is 0 Å². The van der Waals surface area contributed by atoms with Gasteiger partial charge in [-0.3, -0.25) is 4.79 Å². The Morgan fingerprint density at radius 2 is 2.17 bits per heavy atom. The quantitative estimate of drug-likeness (QED) is 0.778. The van der Waals surface area contributed by atoms with Gasteiger partial charge in [0.25, 0.3) is 5.91 Å². The Labute approximate surface area is 138 Å². The standard InChI is InChI=1S/C17H18N4OS/c22-16(13-1-2-15-12(11-13)3-6-18-15)20-14-4-8-21(9-5-14)17-19-7-10-23-17/h1-3,6-7,10-11,14,18H,4-5,8-9H2,(H,20,22). The summed E-state index contributed by atoms with van der Waals surface area (Å²) in [6.07, 6.45) is 5.64. The summed E-state index contributed by atoms with van der Waals surface area (Å²) >= 11 is 1.67. The predicted molar refractivity (Wildman–Crippen MR) is 93.1 cm³/mol. The highest BCUT2D eigenvalue weighted by atomic mass is 32.1. The molecule has 1 fully saturated rings. The zero-order valence-electron chi connectivity index (χ0n) is 12.7. The van der Waals surface area contributed by atoms with Crippen molar-refractivity contribution in [2.45, 2.75) is 18.9 Å². The number of rotatable bonds is 3. The molecule has 1 aromatic carbocycles. The van der Waals surface area contributed by atoms with E-state index in [0.717, 1.165) is 47.5 Å². The lowest BCUT2D eigenvalue weighted by Gasteiger charge is -2.32. The second-order valence-electron chi connectivity index (χ2n) is 5.83. The molecule has 118 valence electrons. The van der Waals surface area contributed by atoms with Crippen LogP contribution in [0.1, 0.15) is 23.2 Å². The summed E-state index contributed by atoms with van der Waals surface area (Å²) in [4.78, 5) is 22.2. The fourth-order valence-electron chi connectivity index (χ4n) is 3.05. The summed E-state index contributed by atoms with van der Waals surface area (Å²) in [7, 11) is 0. The molecule has 4 rings (SSSR count). The third kappa shape index (κ3) is 2.94. The first kappa shape index (κ1) is 14.3. The Hall–Kier alpha value is -2.34. The van der Waals surface area contributed by atoms with E-state index in [4.69, 9.17) is 0 Å². The molecule has 0 aliphatic carbocycles. The molecule has 0 spiro atoms. The molecule has 1 amide bonds. The summed E-state index contributed by atoms with van der Waals surface area (Å²) < 4.78 is 0. The van der Waals surface area contributed by atoms with Crippen LogP contribution in [-0.4, -0.2) is 35.0 Å². The van der Waals surface area contributed by atoms with Crippen molar-refractivity contribution in [1.82, 2.24) is 15.3 Å². The average Bonchev–Trinajstić information content (AvgIpc) is 3.26. The summed E-state index contributed by atoms with van der Waals surface area (Å²) in [5.74, 6) is 0.0146. The van der Waals surface area contributed by atoms with Crippen LogP contribution in [-0.2, 0) is 0 Å². The molecule has 1 aliphatic rings. The van der Waals surface area contributed by atoms with Crippen LogP contribution >= 0.6 is 11.3 Å². The van der Waals surface area contributed by atoms with Gasteiger partial charge in [0.1, 0.15) is 0 Å². The van der Waals surface area contributed by atoms with Gasteiger partial charge in [0.05, 0.1) is 0 Å². The number of H-pyrrole nitrogens is 1. The van der Waals surface area contributed by atoms with Crippen molar-refractivity contribution < 1.29 is 4.79 Å². The Balaban J connectivity index is 1.37. The molecule has 1 saturated heterocycles. The minimum absolute atomic E-state index is 0.0146. The SMILES string of the molecule is O=C(NC1CCN(c2nccs2)CC1)c1ccc2[nH]ccc2c1. The molecule has 0 bridgehead atoms. The fourth-order valence-corrected chi connectivity index (χ4v) is 3.75. The molecule has 1 aliphatic heterocycles. The smallest absolute Gasteiger partial charge is 0.251 e. The number of hydrogen-bond donors (Lipinski definition) is 2. The maximum absolute atomic E-state index is 12.4. The Morgan fingerprint density at radius 3 is 2.96 bits per heavy atom. The number of benzene rings is 1. The zero-order valence-corrected chi connectivity index (χ0v) is 13.5. The fraction of sp³-hybridized carbons (Fsp3) is 0.294. The molecular formula is C17H18N4OS. The molecule has 5 nitrogen and oxygen atoms in total. The monoisotopic (exact) mass is 326 g/mol. The topological polar surface area (TPSA) is 61.0 Å². The molecule has 0 saturated carbocycles. The summed E-state index contributed by atoms with van der Waals surface area (Å²) in [5, 5.41) is 7.31. The molecule has 23 heavy (non-hydrogen) atoms. The first-order chi connectivity index (χ1) is 11.3. The molecule has 0 atom stereocenters. The van der Waals surface area contributed by atoms with Crippen LogP contribution < -0.4 is 10.2 Å². The first-order valence-corrected chi connectivity index (χ1v) is 8.70. The predicted octanol–water partition coefficient (Wildman–Crippen LogP) is 3.02. The van der Waals surface area contributed by atoms with E-state index in [2.05, 4.69) is 20.2 Å². The van der Waals surface area contributed by atoms with Gasteiger partial charge >= 0.3 is 0 Å². The lowest BCUT2D eigenvalue weighted by atomic mass is 10.0. The number of aromatic amines is 1. The van der Waals surface area contributed by atoms with Gasteiger partial charge in [0.15, 0.2) is 5.13 Å². The third-order valence-corrected chi connectivity index (χ3v) is 5.17. The van der Waals surface area contributed by atoms with E-state index < -0.39 is 0 Å². The minimum Gasteiger partial charge on any atom is -0.361 e. The van der Waals surface area contributed by atoms with Crippen molar-refractivity contribution in [3.05, 3.63) is 47.6 Å². The normalized spacial score (nSPS) is 15.9. The third-order valence-electron chi connectivity index (χ3n) is 4.34. The zero-order chi connectivity index (χ0) is 15.6. The highest BCUT2D eigenvalue weighted by Crippen LogP contribution is 2.22. The van der Waals surface area contributed by atoms with E-state index in [1.54, 1.807) is 11.3 Å². The minimum atomic E-state index is 0.0146. The van der Waals surface area contributed by atoms with Crippen LogP contribution in [0.5, 0.6) is 0 Å². The van der Waals surface area contributed by atoms with Gasteiger partial charge in [-0.05, 0) is 37.1 Å². The van der Waals surface area contributed by atoms with Crippen LogP contribution in [0.2, 0.25) is 0 Å². The number of aromatic nitrogens is 2. The molecule has 2 aromatic heterocycles.